The number of aromatic amines is 1. The van der Waals surface area contributed by atoms with E-state index in [1.807, 2.05) is 6.92 Å². The van der Waals surface area contributed by atoms with E-state index in [0.29, 0.717) is 30.2 Å². The molecule has 1 fully saturated rings. The molecule has 3 rings (SSSR count). The Bertz CT molecular complexity index is 762. The number of esters is 1. The summed E-state index contributed by atoms with van der Waals surface area (Å²) in [6.07, 6.45) is 4.50. The zero-order valence-corrected chi connectivity index (χ0v) is 15.1. The number of hydrogen-bond acceptors (Lipinski definition) is 5. The molecule has 2 aromatic rings. The fourth-order valence-electron chi connectivity index (χ4n) is 3.39. The molecule has 1 saturated heterocycles. The van der Waals surface area contributed by atoms with Gasteiger partial charge in [0.2, 0.25) is 0 Å². The van der Waals surface area contributed by atoms with Crippen molar-refractivity contribution in [3.63, 3.8) is 0 Å². The number of ether oxygens (including phenoxy) is 2. The molecular weight excluding hydrogens is 337 g/mol. The van der Waals surface area contributed by atoms with Crippen LogP contribution in [-0.2, 0) is 16.1 Å². The molecule has 7 heteroatoms. The molecule has 0 radical (unpaired) electrons. The zero-order chi connectivity index (χ0) is 18.5. The number of aromatic nitrogens is 2. The van der Waals surface area contributed by atoms with Gasteiger partial charge >= 0.3 is 5.97 Å². The Hall–Kier alpha value is -2.41. The molecule has 0 amide bonds. The highest BCUT2D eigenvalue weighted by atomic mass is 19.1. The molecule has 1 aromatic heterocycles. The van der Waals surface area contributed by atoms with Gasteiger partial charge in [-0.25, -0.2) is 4.39 Å². The number of halogens is 1. The van der Waals surface area contributed by atoms with Crippen LogP contribution in [0.1, 0.15) is 31.7 Å². The summed E-state index contributed by atoms with van der Waals surface area (Å²) in [5.74, 6) is -0.103. The average Bonchev–Trinajstić information content (AvgIpc) is 3.10. The largest absolute Gasteiger partial charge is 0.497 e. The van der Waals surface area contributed by atoms with E-state index in [1.165, 1.54) is 13.2 Å². The Balaban J connectivity index is 1.83. The first-order valence-corrected chi connectivity index (χ1v) is 8.91. The number of carbonyl (C=O) groups excluding carboxylic acids is 1. The summed E-state index contributed by atoms with van der Waals surface area (Å²) >= 11 is 0. The molecular formula is C19H24FN3O3. The maximum absolute atomic E-state index is 14.4. The van der Waals surface area contributed by atoms with Crippen LogP contribution in [0, 0.1) is 5.82 Å². The summed E-state index contributed by atoms with van der Waals surface area (Å²) in [6, 6.07) is 4.48. The van der Waals surface area contributed by atoms with Gasteiger partial charge in [-0.2, -0.15) is 5.10 Å². The van der Waals surface area contributed by atoms with E-state index in [2.05, 4.69) is 15.1 Å². The molecule has 0 aliphatic carbocycles. The first kappa shape index (κ1) is 18.4. The third kappa shape index (κ3) is 3.88. The van der Waals surface area contributed by atoms with Gasteiger partial charge in [0.1, 0.15) is 17.6 Å². The topological polar surface area (TPSA) is 67.5 Å². The summed E-state index contributed by atoms with van der Waals surface area (Å²) in [7, 11) is 1.50. The molecule has 26 heavy (non-hydrogen) atoms. The van der Waals surface area contributed by atoms with Crippen molar-refractivity contribution in [1.29, 1.82) is 0 Å². The van der Waals surface area contributed by atoms with E-state index in [4.69, 9.17) is 9.47 Å². The third-order valence-corrected chi connectivity index (χ3v) is 4.71. The highest BCUT2D eigenvalue weighted by molar-refractivity contribution is 5.76. The van der Waals surface area contributed by atoms with Crippen LogP contribution in [0.15, 0.2) is 24.4 Å². The number of H-pyrrole nitrogens is 1. The molecule has 1 unspecified atom stereocenters. The minimum absolute atomic E-state index is 0.187. The molecule has 0 saturated carbocycles. The van der Waals surface area contributed by atoms with E-state index in [-0.39, 0.29) is 17.8 Å². The predicted octanol–water partition coefficient (Wildman–Crippen LogP) is 3.14. The van der Waals surface area contributed by atoms with Crippen molar-refractivity contribution >= 4 is 5.97 Å². The standard InChI is InChI=1S/C19H24FN3O3/c1-3-26-19(24)17-6-4-5-9-23(17)12-13-11-21-22-18(13)15-8-7-14(25-2)10-16(15)20/h7-8,10-11,17H,3-6,9,12H2,1-2H3,(H,21,22). The minimum atomic E-state index is -0.379. The molecule has 140 valence electrons. The van der Waals surface area contributed by atoms with E-state index in [1.54, 1.807) is 18.3 Å². The molecule has 1 N–H and O–H groups in total. The fourth-order valence-corrected chi connectivity index (χ4v) is 3.39. The Kier molecular flexibility index (Phi) is 5.88. The number of hydrogen-bond donors (Lipinski definition) is 1. The van der Waals surface area contributed by atoms with Crippen LogP contribution in [0.25, 0.3) is 11.3 Å². The van der Waals surface area contributed by atoms with Crippen LogP contribution in [0.4, 0.5) is 4.39 Å². The van der Waals surface area contributed by atoms with Crippen molar-refractivity contribution < 1.29 is 18.7 Å². The molecule has 0 spiro atoms. The lowest BCUT2D eigenvalue weighted by atomic mass is 10.0. The van der Waals surface area contributed by atoms with Gasteiger partial charge in [-0.1, -0.05) is 6.42 Å². The second-order valence-electron chi connectivity index (χ2n) is 6.35. The van der Waals surface area contributed by atoms with Gasteiger partial charge in [0, 0.05) is 23.7 Å². The Morgan fingerprint density at radius 3 is 3.00 bits per heavy atom. The zero-order valence-electron chi connectivity index (χ0n) is 15.1. The highest BCUT2D eigenvalue weighted by Crippen LogP contribution is 2.29. The number of carbonyl (C=O) groups is 1. The van der Waals surface area contributed by atoms with Gasteiger partial charge < -0.3 is 9.47 Å². The van der Waals surface area contributed by atoms with E-state index in [9.17, 15) is 9.18 Å². The monoisotopic (exact) mass is 361 g/mol. The first-order valence-electron chi connectivity index (χ1n) is 8.91. The number of nitrogens with one attached hydrogen (secondary N) is 1. The van der Waals surface area contributed by atoms with Crippen molar-refractivity contribution in [2.45, 2.75) is 38.8 Å². The third-order valence-electron chi connectivity index (χ3n) is 4.71. The quantitative estimate of drug-likeness (QED) is 0.801. The molecule has 1 aliphatic rings. The van der Waals surface area contributed by atoms with Gasteiger partial charge in [-0.15, -0.1) is 0 Å². The minimum Gasteiger partial charge on any atom is -0.497 e. The van der Waals surface area contributed by atoms with Gasteiger partial charge in [0.15, 0.2) is 0 Å². The molecule has 6 nitrogen and oxygen atoms in total. The summed E-state index contributed by atoms with van der Waals surface area (Å²) in [5.41, 5.74) is 1.91. The van der Waals surface area contributed by atoms with Crippen LogP contribution in [0.2, 0.25) is 0 Å². The second-order valence-corrected chi connectivity index (χ2v) is 6.35. The fraction of sp³-hybridized carbons (Fsp3) is 0.474. The lowest BCUT2D eigenvalue weighted by molar-refractivity contribution is -0.151. The molecule has 1 aliphatic heterocycles. The van der Waals surface area contributed by atoms with E-state index >= 15 is 0 Å². The number of rotatable bonds is 6. The maximum Gasteiger partial charge on any atom is 0.323 e. The van der Waals surface area contributed by atoms with E-state index in [0.717, 1.165) is 31.4 Å². The lowest BCUT2D eigenvalue weighted by Gasteiger charge is -2.33. The SMILES string of the molecule is CCOC(=O)C1CCCCN1Cc1cn[nH]c1-c1ccc(OC)cc1F. The molecule has 1 atom stereocenters. The normalized spacial score (nSPS) is 17.9. The van der Waals surface area contributed by atoms with Crippen LogP contribution in [0.5, 0.6) is 5.75 Å². The molecule has 2 heterocycles. The van der Waals surface area contributed by atoms with Crippen molar-refractivity contribution in [2.24, 2.45) is 0 Å². The molecule has 1 aromatic carbocycles. The van der Waals surface area contributed by atoms with Gasteiger partial charge in [0.05, 0.1) is 25.6 Å². The van der Waals surface area contributed by atoms with E-state index < -0.39 is 0 Å². The van der Waals surface area contributed by atoms with Crippen LogP contribution >= 0.6 is 0 Å². The van der Waals surface area contributed by atoms with Crippen molar-refractivity contribution in [2.75, 3.05) is 20.3 Å². The number of nitrogens with zero attached hydrogens (tertiary/aromatic N) is 2. The number of piperidine rings is 1. The first-order chi connectivity index (χ1) is 12.6. The van der Waals surface area contributed by atoms with Gasteiger partial charge in [-0.3, -0.25) is 14.8 Å². The Morgan fingerprint density at radius 2 is 2.27 bits per heavy atom. The summed E-state index contributed by atoms with van der Waals surface area (Å²) < 4.78 is 24.7. The second kappa shape index (κ2) is 8.31. The Morgan fingerprint density at radius 1 is 1.42 bits per heavy atom. The average molecular weight is 361 g/mol. The number of likely N-dealkylation sites (tertiary alicyclic amines) is 1. The Labute approximate surface area is 152 Å². The summed E-state index contributed by atoms with van der Waals surface area (Å²) in [6.45, 7) is 3.50. The smallest absolute Gasteiger partial charge is 0.323 e. The number of methoxy groups -OCH3 is 1. The number of benzene rings is 1. The maximum atomic E-state index is 14.4. The molecule has 0 bridgehead atoms. The van der Waals surface area contributed by atoms with Crippen molar-refractivity contribution in [3.05, 3.63) is 35.8 Å². The van der Waals surface area contributed by atoms with Gasteiger partial charge in [0.25, 0.3) is 0 Å². The van der Waals surface area contributed by atoms with Crippen LogP contribution in [0.3, 0.4) is 0 Å². The predicted molar refractivity (Wildman–Crippen MR) is 95.2 cm³/mol. The van der Waals surface area contributed by atoms with Crippen LogP contribution < -0.4 is 4.74 Å². The lowest BCUT2D eigenvalue weighted by Crippen LogP contribution is -2.44. The van der Waals surface area contributed by atoms with Gasteiger partial charge in [-0.05, 0) is 38.4 Å². The summed E-state index contributed by atoms with van der Waals surface area (Å²) in [5, 5.41) is 6.97. The highest BCUT2D eigenvalue weighted by Gasteiger charge is 2.30. The van der Waals surface area contributed by atoms with Crippen LogP contribution in [-0.4, -0.2) is 47.4 Å². The summed E-state index contributed by atoms with van der Waals surface area (Å²) in [4.78, 5) is 14.3. The van der Waals surface area contributed by atoms with Crippen molar-refractivity contribution in [3.8, 4) is 17.0 Å². The van der Waals surface area contributed by atoms with Crippen molar-refractivity contribution in [1.82, 2.24) is 15.1 Å².